The summed E-state index contributed by atoms with van der Waals surface area (Å²) >= 11 is 1.46. The normalized spacial score (nSPS) is 15.3. The average molecular weight is 379 g/mol. The van der Waals surface area contributed by atoms with Crippen molar-refractivity contribution in [2.24, 2.45) is 0 Å². The molecule has 7 heteroatoms. The summed E-state index contributed by atoms with van der Waals surface area (Å²) in [6.07, 6.45) is 1.73. The van der Waals surface area contributed by atoms with Crippen LogP contribution in [0.4, 0.5) is 0 Å². The van der Waals surface area contributed by atoms with Crippen molar-refractivity contribution in [3.8, 4) is 16.5 Å². The van der Waals surface area contributed by atoms with Crippen LogP contribution in [0.25, 0.3) is 21.3 Å². The highest BCUT2D eigenvalue weighted by Crippen LogP contribution is 2.39. The Hall–Kier alpha value is -2.66. The van der Waals surface area contributed by atoms with Gasteiger partial charge in [-0.05, 0) is 37.6 Å². The number of methoxy groups -OCH3 is 1. The van der Waals surface area contributed by atoms with Gasteiger partial charge < -0.3 is 9.47 Å². The zero-order valence-corrected chi connectivity index (χ0v) is 16.0. The number of fused-ring (bicyclic) bond motifs is 1. The van der Waals surface area contributed by atoms with Gasteiger partial charge in [0.05, 0.1) is 23.6 Å². The second-order valence-electron chi connectivity index (χ2n) is 6.65. The number of Topliss-reactive ketones (excluding diaryl/α,β-unsaturated/α-hetero) is 1. The van der Waals surface area contributed by atoms with Crippen molar-refractivity contribution in [2.45, 2.75) is 19.4 Å². The van der Waals surface area contributed by atoms with Crippen LogP contribution in [0.2, 0.25) is 0 Å². The molecule has 2 aromatic heterocycles. The van der Waals surface area contributed by atoms with Gasteiger partial charge in [0.15, 0.2) is 11.4 Å². The van der Waals surface area contributed by atoms with Crippen molar-refractivity contribution in [3.05, 3.63) is 46.2 Å². The number of thiazole rings is 1. The number of pyridine rings is 1. The smallest absolute Gasteiger partial charge is 0.165 e. The first-order chi connectivity index (χ1) is 13.0. The van der Waals surface area contributed by atoms with Crippen molar-refractivity contribution in [1.82, 2.24) is 9.97 Å². The van der Waals surface area contributed by atoms with Gasteiger partial charge in [0, 0.05) is 29.8 Å². The molecule has 0 N–H and O–H groups in total. The van der Waals surface area contributed by atoms with Gasteiger partial charge >= 0.3 is 0 Å². The molecule has 1 aromatic carbocycles. The maximum atomic E-state index is 12.1. The molecule has 0 atom stereocenters. The predicted molar refractivity (Wildman–Crippen MR) is 102 cm³/mol. The highest BCUT2D eigenvalue weighted by atomic mass is 32.1. The van der Waals surface area contributed by atoms with Gasteiger partial charge in [-0.25, -0.2) is 9.97 Å². The number of carbonyl (C=O) groups excluding carboxylic acids is 1. The molecule has 27 heavy (non-hydrogen) atoms. The summed E-state index contributed by atoms with van der Waals surface area (Å²) in [6.45, 7) is 4.38. The molecule has 0 amide bonds. The van der Waals surface area contributed by atoms with Crippen LogP contribution in [-0.4, -0.2) is 36.1 Å². The average Bonchev–Trinajstić information content (AvgIpc) is 3.09. The number of benzene rings is 1. The number of rotatable bonds is 4. The third kappa shape index (κ3) is 2.82. The molecule has 4 rings (SSSR count). The number of ether oxygens (including phenoxy) is 2. The summed E-state index contributed by atoms with van der Waals surface area (Å²) < 4.78 is 10.9. The fourth-order valence-corrected chi connectivity index (χ4v) is 4.28. The van der Waals surface area contributed by atoms with Crippen LogP contribution in [0.1, 0.15) is 33.5 Å². The molecule has 1 fully saturated rings. The standard InChI is InChI=1S/C20H17N3O3S/c1-11-4-13(12(2)24)14-6-15(17(7-21)23-16(14)5-11)18-8-22-19(27-18)20(25-3)9-26-10-20/h4-6,8H,9-10H2,1-3H3. The Kier molecular flexibility index (Phi) is 4.27. The summed E-state index contributed by atoms with van der Waals surface area (Å²) in [5, 5.41) is 11.2. The number of hydrogen-bond donors (Lipinski definition) is 0. The van der Waals surface area contributed by atoms with E-state index in [1.165, 1.54) is 18.3 Å². The van der Waals surface area contributed by atoms with Gasteiger partial charge in [-0.3, -0.25) is 4.79 Å². The Bertz CT molecular complexity index is 1100. The minimum atomic E-state index is -0.512. The van der Waals surface area contributed by atoms with Gasteiger partial charge in [-0.1, -0.05) is 0 Å². The van der Waals surface area contributed by atoms with E-state index in [-0.39, 0.29) is 5.78 Å². The lowest BCUT2D eigenvalue weighted by molar-refractivity contribution is -0.202. The largest absolute Gasteiger partial charge is 0.374 e. The third-order valence-corrected chi connectivity index (χ3v) is 6.00. The van der Waals surface area contributed by atoms with E-state index < -0.39 is 5.60 Å². The van der Waals surface area contributed by atoms with E-state index in [0.717, 1.165) is 20.8 Å². The monoisotopic (exact) mass is 379 g/mol. The van der Waals surface area contributed by atoms with Gasteiger partial charge in [0.25, 0.3) is 0 Å². The topological polar surface area (TPSA) is 85.1 Å². The Balaban J connectivity index is 1.90. The Morgan fingerprint density at radius 1 is 1.37 bits per heavy atom. The van der Waals surface area contributed by atoms with E-state index in [2.05, 4.69) is 16.0 Å². The minimum absolute atomic E-state index is 0.0314. The van der Waals surface area contributed by atoms with E-state index in [1.54, 1.807) is 13.3 Å². The highest BCUT2D eigenvalue weighted by Gasteiger charge is 2.43. The molecule has 136 valence electrons. The molecule has 3 aromatic rings. The van der Waals surface area contributed by atoms with Crippen LogP contribution in [-0.2, 0) is 15.1 Å². The van der Waals surface area contributed by atoms with E-state index >= 15 is 0 Å². The second-order valence-corrected chi connectivity index (χ2v) is 7.68. The van der Waals surface area contributed by atoms with Crippen LogP contribution in [0.5, 0.6) is 0 Å². The molecule has 1 aliphatic heterocycles. The van der Waals surface area contributed by atoms with Crippen LogP contribution < -0.4 is 0 Å². The van der Waals surface area contributed by atoms with Gasteiger partial charge in [0.1, 0.15) is 16.8 Å². The lowest BCUT2D eigenvalue weighted by Gasteiger charge is -2.38. The fourth-order valence-electron chi connectivity index (χ4n) is 3.21. The van der Waals surface area contributed by atoms with E-state index in [1.807, 2.05) is 25.1 Å². The van der Waals surface area contributed by atoms with E-state index in [9.17, 15) is 10.1 Å². The van der Waals surface area contributed by atoms with Crippen molar-refractivity contribution < 1.29 is 14.3 Å². The van der Waals surface area contributed by atoms with Gasteiger partial charge in [-0.2, -0.15) is 5.26 Å². The van der Waals surface area contributed by atoms with E-state index in [4.69, 9.17) is 9.47 Å². The molecule has 6 nitrogen and oxygen atoms in total. The molecule has 0 radical (unpaired) electrons. The first kappa shape index (κ1) is 17.7. The van der Waals surface area contributed by atoms with Crippen molar-refractivity contribution in [2.75, 3.05) is 20.3 Å². The van der Waals surface area contributed by atoms with Crippen molar-refractivity contribution in [1.29, 1.82) is 5.26 Å². The van der Waals surface area contributed by atoms with Crippen molar-refractivity contribution >= 4 is 28.0 Å². The summed E-state index contributed by atoms with van der Waals surface area (Å²) in [5.74, 6) is -0.0314. The third-order valence-electron chi connectivity index (χ3n) is 4.79. The number of aromatic nitrogens is 2. The lowest BCUT2D eigenvalue weighted by Crippen LogP contribution is -2.48. The first-order valence-electron chi connectivity index (χ1n) is 8.43. The van der Waals surface area contributed by atoms with Crippen LogP contribution in [0.15, 0.2) is 24.4 Å². The maximum Gasteiger partial charge on any atom is 0.165 e. The molecule has 3 heterocycles. The zero-order chi connectivity index (χ0) is 19.2. The molecule has 0 saturated carbocycles. The van der Waals surface area contributed by atoms with E-state index in [0.29, 0.717) is 35.6 Å². The van der Waals surface area contributed by atoms with Crippen molar-refractivity contribution in [3.63, 3.8) is 0 Å². The Morgan fingerprint density at radius 3 is 2.74 bits per heavy atom. The first-order valence-corrected chi connectivity index (χ1v) is 9.25. The molecule has 1 saturated heterocycles. The fraction of sp³-hybridized carbons (Fsp3) is 0.300. The molecule has 0 aliphatic carbocycles. The predicted octanol–water partition coefficient (Wildman–Crippen LogP) is 3.61. The molecular formula is C20H17N3O3S. The summed E-state index contributed by atoms with van der Waals surface area (Å²) in [5.41, 5.74) is 2.66. The molecule has 0 unspecified atom stereocenters. The second kappa shape index (κ2) is 6.50. The van der Waals surface area contributed by atoms with Gasteiger partial charge in [-0.15, -0.1) is 11.3 Å². The quantitative estimate of drug-likeness (QED) is 0.644. The number of aryl methyl sites for hydroxylation is 1. The highest BCUT2D eigenvalue weighted by molar-refractivity contribution is 7.15. The molecular weight excluding hydrogens is 362 g/mol. The number of ketones is 1. The number of nitrogens with zero attached hydrogens (tertiary/aromatic N) is 3. The SMILES string of the molecule is COC1(c2ncc(-c3cc4c(C(C)=O)cc(C)cc4nc3C#N)s2)COC1. The molecule has 1 aliphatic rings. The summed E-state index contributed by atoms with van der Waals surface area (Å²) in [4.78, 5) is 21.9. The maximum absolute atomic E-state index is 12.1. The summed E-state index contributed by atoms with van der Waals surface area (Å²) in [6, 6.07) is 7.78. The minimum Gasteiger partial charge on any atom is -0.374 e. The van der Waals surface area contributed by atoms with Gasteiger partial charge in [0.2, 0.25) is 0 Å². The lowest BCUT2D eigenvalue weighted by atomic mass is 9.99. The zero-order valence-electron chi connectivity index (χ0n) is 15.2. The number of carbonyl (C=O) groups is 1. The van der Waals surface area contributed by atoms with Crippen LogP contribution >= 0.6 is 11.3 Å². The number of nitriles is 1. The Morgan fingerprint density at radius 2 is 2.15 bits per heavy atom. The molecule has 0 spiro atoms. The summed E-state index contributed by atoms with van der Waals surface area (Å²) in [7, 11) is 1.64. The number of hydrogen-bond acceptors (Lipinski definition) is 7. The molecule has 0 bridgehead atoms. The Labute approximate surface area is 160 Å². The van der Waals surface area contributed by atoms with Crippen LogP contribution in [0, 0.1) is 18.3 Å². The van der Waals surface area contributed by atoms with Crippen LogP contribution in [0.3, 0.4) is 0 Å².